The molecule has 0 unspecified atom stereocenters. The normalized spacial score (nSPS) is 10.7. The molecule has 0 spiro atoms. The lowest BCUT2D eigenvalue weighted by atomic mass is 10.2. The molecule has 0 saturated heterocycles. The van der Waals surface area contributed by atoms with Gasteiger partial charge in [-0.15, -0.1) is 11.3 Å². The zero-order valence-electron chi connectivity index (χ0n) is 14.5. The number of rotatable bonds is 4. The number of hydrogen-bond acceptors (Lipinski definition) is 4. The molecule has 2 aromatic carbocycles. The van der Waals surface area contributed by atoms with Crippen molar-refractivity contribution >= 4 is 39.8 Å². The molecule has 5 nitrogen and oxygen atoms in total. The monoisotopic (exact) mass is 376 g/mol. The van der Waals surface area contributed by atoms with Crippen LogP contribution < -0.4 is 10.1 Å². The largest absolute Gasteiger partial charge is 0.423 e. The highest BCUT2D eigenvalue weighted by atomic mass is 32.1. The van der Waals surface area contributed by atoms with Crippen LogP contribution in [0.4, 0.5) is 5.69 Å². The van der Waals surface area contributed by atoms with Crippen LogP contribution in [-0.4, -0.2) is 16.4 Å². The Kier molecular flexibility index (Phi) is 4.48. The van der Waals surface area contributed by atoms with E-state index in [2.05, 4.69) is 5.32 Å². The summed E-state index contributed by atoms with van der Waals surface area (Å²) in [6.07, 6.45) is 1.77. The lowest BCUT2D eigenvalue weighted by Gasteiger charge is -2.06. The number of para-hydroxylation sites is 1. The highest BCUT2D eigenvalue weighted by Gasteiger charge is 2.16. The molecule has 0 bridgehead atoms. The number of ether oxygens (including phenoxy) is 1. The SMILES string of the molecule is Cn1cc(C(=O)Oc2ccc(NC(=O)c3cccs3)cc2)c2ccccc21. The van der Waals surface area contributed by atoms with E-state index in [-0.39, 0.29) is 5.91 Å². The van der Waals surface area contributed by atoms with E-state index in [1.807, 2.05) is 47.3 Å². The number of amides is 1. The average molecular weight is 376 g/mol. The van der Waals surface area contributed by atoms with Crippen molar-refractivity contribution in [3.8, 4) is 5.75 Å². The maximum Gasteiger partial charge on any atom is 0.345 e. The van der Waals surface area contributed by atoms with E-state index < -0.39 is 5.97 Å². The van der Waals surface area contributed by atoms with Crippen LogP contribution in [0.2, 0.25) is 0 Å². The van der Waals surface area contributed by atoms with Gasteiger partial charge in [-0.05, 0) is 41.8 Å². The third-order valence-corrected chi connectivity index (χ3v) is 5.05. The number of benzene rings is 2. The Morgan fingerprint density at radius 1 is 1.00 bits per heavy atom. The zero-order valence-corrected chi connectivity index (χ0v) is 15.3. The van der Waals surface area contributed by atoms with Crippen LogP contribution >= 0.6 is 11.3 Å². The van der Waals surface area contributed by atoms with Crippen molar-refractivity contribution in [2.45, 2.75) is 0 Å². The van der Waals surface area contributed by atoms with Gasteiger partial charge in [0.15, 0.2) is 0 Å². The number of nitrogens with one attached hydrogen (secondary N) is 1. The van der Waals surface area contributed by atoms with Gasteiger partial charge < -0.3 is 14.6 Å². The summed E-state index contributed by atoms with van der Waals surface area (Å²) in [6, 6.07) is 18.0. The second kappa shape index (κ2) is 7.09. The van der Waals surface area contributed by atoms with Gasteiger partial charge >= 0.3 is 5.97 Å². The standard InChI is InChI=1S/C21H16N2O3S/c1-23-13-17(16-5-2-3-6-18(16)23)21(25)26-15-10-8-14(9-11-15)22-20(24)19-7-4-12-27-19/h2-13H,1H3,(H,22,24). The molecule has 4 rings (SSSR count). The Hall–Kier alpha value is -3.38. The van der Waals surface area contributed by atoms with E-state index in [4.69, 9.17) is 4.74 Å². The highest BCUT2D eigenvalue weighted by molar-refractivity contribution is 7.12. The second-order valence-electron chi connectivity index (χ2n) is 6.02. The van der Waals surface area contributed by atoms with Gasteiger partial charge in [0.2, 0.25) is 0 Å². The van der Waals surface area contributed by atoms with E-state index in [0.717, 1.165) is 10.9 Å². The van der Waals surface area contributed by atoms with Crippen molar-refractivity contribution in [1.29, 1.82) is 0 Å². The molecule has 2 heterocycles. The summed E-state index contributed by atoms with van der Waals surface area (Å²) in [5.74, 6) is -0.158. The summed E-state index contributed by atoms with van der Waals surface area (Å²) >= 11 is 1.38. The number of nitrogens with zero attached hydrogens (tertiary/aromatic N) is 1. The van der Waals surface area contributed by atoms with Gasteiger partial charge in [-0.1, -0.05) is 24.3 Å². The van der Waals surface area contributed by atoms with Gasteiger partial charge in [-0.3, -0.25) is 4.79 Å². The van der Waals surface area contributed by atoms with E-state index in [1.165, 1.54) is 11.3 Å². The van der Waals surface area contributed by atoms with Crippen molar-refractivity contribution in [2.75, 3.05) is 5.32 Å². The molecule has 0 saturated carbocycles. The Balaban J connectivity index is 1.48. The predicted octanol–water partition coefficient (Wildman–Crippen LogP) is 4.71. The first-order valence-electron chi connectivity index (χ1n) is 8.33. The summed E-state index contributed by atoms with van der Waals surface area (Å²) in [5.41, 5.74) is 2.12. The minimum Gasteiger partial charge on any atom is -0.423 e. The van der Waals surface area contributed by atoms with Crippen molar-refractivity contribution in [3.05, 3.63) is 82.7 Å². The third kappa shape index (κ3) is 3.47. The van der Waals surface area contributed by atoms with Crippen LogP contribution in [0, 0.1) is 0 Å². The molecular formula is C21H16N2O3S. The molecule has 0 aliphatic carbocycles. The lowest BCUT2D eigenvalue weighted by molar-refractivity contribution is 0.0736. The fraction of sp³-hybridized carbons (Fsp3) is 0.0476. The molecule has 4 aromatic rings. The Bertz CT molecular complexity index is 1110. The van der Waals surface area contributed by atoms with Crippen LogP contribution in [-0.2, 0) is 7.05 Å². The Morgan fingerprint density at radius 2 is 1.78 bits per heavy atom. The van der Waals surface area contributed by atoms with Gasteiger partial charge in [0.25, 0.3) is 5.91 Å². The van der Waals surface area contributed by atoms with E-state index in [1.54, 1.807) is 36.5 Å². The number of fused-ring (bicyclic) bond motifs is 1. The molecule has 2 aromatic heterocycles. The van der Waals surface area contributed by atoms with Crippen molar-refractivity contribution in [1.82, 2.24) is 4.57 Å². The van der Waals surface area contributed by atoms with Crippen molar-refractivity contribution in [2.24, 2.45) is 7.05 Å². The smallest absolute Gasteiger partial charge is 0.345 e. The Morgan fingerprint density at radius 3 is 2.52 bits per heavy atom. The maximum atomic E-state index is 12.6. The lowest BCUT2D eigenvalue weighted by Crippen LogP contribution is -2.10. The summed E-state index contributed by atoms with van der Waals surface area (Å²) in [5, 5.41) is 5.52. The van der Waals surface area contributed by atoms with Crippen LogP contribution in [0.25, 0.3) is 10.9 Å². The predicted molar refractivity (Wildman–Crippen MR) is 107 cm³/mol. The van der Waals surface area contributed by atoms with Gasteiger partial charge in [-0.25, -0.2) is 4.79 Å². The first kappa shape index (κ1) is 17.1. The van der Waals surface area contributed by atoms with Crippen molar-refractivity contribution in [3.63, 3.8) is 0 Å². The number of anilines is 1. The van der Waals surface area contributed by atoms with E-state index in [0.29, 0.717) is 21.9 Å². The van der Waals surface area contributed by atoms with Gasteiger partial charge in [0.1, 0.15) is 5.75 Å². The summed E-state index contributed by atoms with van der Waals surface area (Å²) in [7, 11) is 1.89. The maximum absolute atomic E-state index is 12.6. The number of carbonyl (C=O) groups is 2. The van der Waals surface area contributed by atoms with Gasteiger partial charge in [-0.2, -0.15) is 0 Å². The number of aromatic nitrogens is 1. The molecule has 0 fully saturated rings. The van der Waals surface area contributed by atoms with Crippen LogP contribution in [0.5, 0.6) is 5.75 Å². The fourth-order valence-electron chi connectivity index (χ4n) is 2.87. The molecule has 0 atom stereocenters. The molecular weight excluding hydrogens is 360 g/mol. The first-order chi connectivity index (χ1) is 13.1. The van der Waals surface area contributed by atoms with Crippen molar-refractivity contribution < 1.29 is 14.3 Å². The average Bonchev–Trinajstić information content (AvgIpc) is 3.32. The third-order valence-electron chi connectivity index (χ3n) is 4.18. The highest BCUT2D eigenvalue weighted by Crippen LogP contribution is 2.23. The first-order valence-corrected chi connectivity index (χ1v) is 9.21. The second-order valence-corrected chi connectivity index (χ2v) is 6.96. The quantitative estimate of drug-likeness (QED) is 0.414. The summed E-state index contributed by atoms with van der Waals surface area (Å²) < 4.78 is 7.39. The molecule has 0 aliphatic rings. The summed E-state index contributed by atoms with van der Waals surface area (Å²) in [6.45, 7) is 0. The minimum absolute atomic E-state index is 0.162. The zero-order chi connectivity index (χ0) is 18.8. The summed E-state index contributed by atoms with van der Waals surface area (Å²) in [4.78, 5) is 25.3. The minimum atomic E-state index is -0.415. The van der Waals surface area contributed by atoms with Gasteiger partial charge in [0.05, 0.1) is 10.4 Å². The number of esters is 1. The molecule has 0 aliphatic heterocycles. The van der Waals surface area contributed by atoms with Crippen LogP contribution in [0.15, 0.2) is 72.2 Å². The molecule has 134 valence electrons. The number of thiophene rings is 1. The molecule has 1 amide bonds. The number of hydrogen-bond donors (Lipinski definition) is 1. The number of aryl methyl sites for hydroxylation is 1. The van der Waals surface area contributed by atoms with E-state index in [9.17, 15) is 9.59 Å². The molecule has 27 heavy (non-hydrogen) atoms. The Labute approximate surface area is 159 Å². The van der Waals surface area contributed by atoms with Gasteiger partial charge in [0, 0.05) is 29.8 Å². The van der Waals surface area contributed by atoms with Crippen LogP contribution in [0.3, 0.4) is 0 Å². The van der Waals surface area contributed by atoms with Crippen LogP contribution in [0.1, 0.15) is 20.0 Å². The fourth-order valence-corrected chi connectivity index (χ4v) is 3.49. The number of carbonyl (C=O) groups excluding carboxylic acids is 2. The molecule has 6 heteroatoms. The molecule has 0 radical (unpaired) electrons. The topological polar surface area (TPSA) is 60.3 Å². The molecule has 1 N–H and O–H groups in total. The van der Waals surface area contributed by atoms with E-state index >= 15 is 0 Å².